The van der Waals surface area contributed by atoms with E-state index >= 15 is 0 Å². The van der Waals surface area contributed by atoms with Crippen LogP contribution in [0.25, 0.3) is 11.0 Å². The van der Waals surface area contributed by atoms with Crippen LogP contribution in [0.15, 0.2) is 42.6 Å². The second-order valence-electron chi connectivity index (χ2n) is 5.77. The number of carbonyl (C=O) groups excluding carboxylic acids is 1. The number of aryl methyl sites for hydroxylation is 1. The van der Waals surface area contributed by atoms with Gasteiger partial charge in [0.15, 0.2) is 11.5 Å². The first-order chi connectivity index (χ1) is 13.9. The molecule has 146 valence electrons. The number of rotatable bonds is 5. The maximum absolute atomic E-state index is 13.1. The van der Waals surface area contributed by atoms with Crippen LogP contribution in [0.3, 0.4) is 0 Å². The van der Waals surface area contributed by atoms with Crippen LogP contribution in [-0.4, -0.2) is 30.6 Å². The number of fused-ring (bicyclic) bond motifs is 1. The monoisotopic (exact) mass is 414 g/mol. The van der Waals surface area contributed by atoms with Crippen molar-refractivity contribution in [1.82, 2.24) is 19.7 Å². The number of nitro groups is 1. The lowest BCUT2D eigenvalue weighted by molar-refractivity contribution is -0.380. The quantitative estimate of drug-likeness (QED) is 0.391. The number of carbonyl (C=O) groups is 1. The summed E-state index contributed by atoms with van der Waals surface area (Å²) in [6.07, 6.45) is 1.48. The first kappa shape index (κ1) is 18.4. The van der Waals surface area contributed by atoms with E-state index < -0.39 is 16.6 Å². The maximum atomic E-state index is 13.1. The number of aromatic nitrogens is 4. The molecule has 10 nitrogen and oxygen atoms in total. The molecule has 0 aliphatic rings. The Hall–Kier alpha value is -3.93. The lowest BCUT2D eigenvalue weighted by Gasteiger charge is -2.08. The number of nitrogens with zero attached hydrogens (tertiary/aromatic N) is 5. The molecular weight excluding hydrogens is 403 g/mol. The highest BCUT2D eigenvalue weighted by Gasteiger charge is 2.19. The van der Waals surface area contributed by atoms with E-state index in [-0.39, 0.29) is 21.7 Å². The van der Waals surface area contributed by atoms with Gasteiger partial charge in [-0.25, -0.2) is 4.39 Å². The minimum Gasteiger partial charge on any atom is -0.424 e. The van der Waals surface area contributed by atoms with Gasteiger partial charge in [0, 0.05) is 13.1 Å². The Morgan fingerprint density at radius 1 is 1.24 bits per heavy atom. The Morgan fingerprint density at radius 3 is 2.69 bits per heavy atom. The number of ether oxygens (including phenoxy) is 1. The van der Waals surface area contributed by atoms with E-state index in [0.29, 0.717) is 16.8 Å². The predicted molar refractivity (Wildman–Crippen MR) is 102 cm³/mol. The van der Waals surface area contributed by atoms with Crippen molar-refractivity contribution in [2.24, 2.45) is 7.05 Å². The molecule has 12 heteroatoms. The largest absolute Gasteiger partial charge is 0.424 e. The Kier molecular flexibility index (Phi) is 4.60. The molecule has 0 unspecified atom stereocenters. The van der Waals surface area contributed by atoms with Gasteiger partial charge < -0.3 is 10.1 Å². The number of amides is 1. The Morgan fingerprint density at radius 2 is 2.00 bits per heavy atom. The Balaban J connectivity index is 1.67. The van der Waals surface area contributed by atoms with Crippen molar-refractivity contribution in [2.45, 2.75) is 0 Å². The molecule has 3 heterocycles. The highest BCUT2D eigenvalue weighted by molar-refractivity contribution is 7.17. The molecule has 0 atom stereocenters. The van der Waals surface area contributed by atoms with Gasteiger partial charge in [-0.05, 0) is 30.3 Å². The van der Waals surface area contributed by atoms with Gasteiger partial charge in [0.1, 0.15) is 11.6 Å². The molecule has 0 bridgehead atoms. The lowest BCUT2D eigenvalue weighted by Crippen LogP contribution is -2.12. The van der Waals surface area contributed by atoms with Crippen LogP contribution in [0.2, 0.25) is 0 Å². The fourth-order valence-electron chi connectivity index (χ4n) is 2.47. The molecule has 29 heavy (non-hydrogen) atoms. The van der Waals surface area contributed by atoms with E-state index in [9.17, 15) is 19.3 Å². The molecule has 0 fully saturated rings. The van der Waals surface area contributed by atoms with Crippen LogP contribution in [0.1, 0.15) is 9.67 Å². The molecule has 0 radical (unpaired) electrons. The number of nitrogens with one attached hydrogen (secondary N) is 1. The molecule has 1 N–H and O–H groups in total. The molecule has 0 saturated carbocycles. The van der Waals surface area contributed by atoms with Crippen LogP contribution in [0.5, 0.6) is 11.8 Å². The molecule has 1 aromatic carbocycles. The van der Waals surface area contributed by atoms with Crippen molar-refractivity contribution in [3.63, 3.8) is 0 Å². The van der Waals surface area contributed by atoms with Crippen LogP contribution in [0.4, 0.5) is 15.2 Å². The van der Waals surface area contributed by atoms with E-state index in [1.54, 1.807) is 7.05 Å². The van der Waals surface area contributed by atoms with Gasteiger partial charge in [-0.2, -0.15) is 15.1 Å². The Bertz CT molecular complexity index is 1240. The van der Waals surface area contributed by atoms with Crippen LogP contribution >= 0.6 is 11.3 Å². The zero-order chi connectivity index (χ0) is 20.5. The topological polar surface area (TPSA) is 125 Å². The third kappa shape index (κ3) is 3.73. The van der Waals surface area contributed by atoms with Crippen LogP contribution in [0, 0.1) is 15.9 Å². The summed E-state index contributed by atoms with van der Waals surface area (Å²) in [6, 6.07) is 7.80. The minimum atomic E-state index is -0.570. The molecule has 4 rings (SSSR count). The zero-order valence-corrected chi connectivity index (χ0v) is 15.5. The first-order valence-corrected chi connectivity index (χ1v) is 8.91. The molecule has 0 spiro atoms. The zero-order valence-electron chi connectivity index (χ0n) is 14.7. The number of hydrogen-bond donors (Lipinski definition) is 1. The second-order valence-corrected chi connectivity index (χ2v) is 6.83. The fourth-order valence-corrected chi connectivity index (χ4v) is 3.18. The maximum Gasteiger partial charge on any atom is 0.326 e. The average Bonchev–Trinajstić information content (AvgIpc) is 3.32. The van der Waals surface area contributed by atoms with Gasteiger partial charge in [0.05, 0.1) is 21.4 Å². The van der Waals surface area contributed by atoms with E-state index in [1.807, 2.05) is 0 Å². The smallest absolute Gasteiger partial charge is 0.326 e. The highest BCUT2D eigenvalue weighted by Crippen LogP contribution is 2.28. The summed E-state index contributed by atoms with van der Waals surface area (Å²) >= 11 is 0.745. The van der Waals surface area contributed by atoms with Crippen LogP contribution < -0.4 is 10.1 Å². The third-order valence-corrected chi connectivity index (χ3v) is 4.86. The van der Waals surface area contributed by atoms with E-state index in [2.05, 4.69) is 20.4 Å². The summed E-state index contributed by atoms with van der Waals surface area (Å²) in [5, 5.41) is 17.8. The van der Waals surface area contributed by atoms with E-state index in [1.165, 1.54) is 47.3 Å². The fraction of sp³-hybridized carbons (Fsp3) is 0.0588. The normalized spacial score (nSPS) is 10.8. The van der Waals surface area contributed by atoms with Gasteiger partial charge in [-0.3, -0.25) is 19.6 Å². The van der Waals surface area contributed by atoms with Crippen molar-refractivity contribution in [3.8, 4) is 11.8 Å². The van der Waals surface area contributed by atoms with Crippen molar-refractivity contribution in [1.29, 1.82) is 0 Å². The highest BCUT2D eigenvalue weighted by atomic mass is 32.1. The van der Waals surface area contributed by atoms with Crippen molar-refractivity contribution >= 4 is 39.1 Å². The van der Waals surface area contributed by atoms with Crippen molar-refractivity contribution < 1.29 is 18.8 Å². The number of hydrogen-bond acceptors (Lipinski definition) is 8. The van der Waals surface area contributed by atoms with Gasteiger partial charge >= 0.3 is 11.0 Å². The predicted octanol–water partition coefficient (Wildman–Crippen LogP) is 3.52. The standard InChI is InChI=1S/C17H11FN6O4S/c1-23-15-11(8-19-23)14(20-16(25)12-6-7-13(29-12)24(26)27)21-17(22-15)28-10-4-2-9(18)3-5-10/h2-8H,1H3,(H,20,21,22,25). The SMILES string of the molecule is Cn1ncc2c(NC(=O)c3ccc([N+](=O)[O-])s3)nc(Oc3ccc(F)cc3)nc21. The molecule has 3 aromatic heterocycles. The van der Waals surface area contributed by atoms with Crippen molar-refractivity contribution in [3.05, 3.63) is 63.4 Å². The Labute approximate surface area is 165 Å². The summed E-state index contributed by atoms with van der Waals surface area (Å²) in [4.78, 5) is 31.4. The summed E-state index contributed by atoms with van der Waals surface area (Å²) in [7, 11) is 1.66. The summed E-state index contributed by atoms with van der Waals surface area (Å²) in [5.41, 5.74) is 0.393. The second kappa shape index (κ2) is 7.24. The third-order valence-electron chi connectivity index (χ3n) is 3.82. The van der Waals surface area contributed by atoms with Gasteiger partial charge in [0.25, 0.3) is 5.91 Å². The average molecular weight is 414 g/mol. The van der Waals surface area contributed by atoms with Gasteiger partial charge in [0.2, 0.25) is 0 Å². The number of benzene rings is 1. The summed E-state index contributed by atoms with van der Waals surface area (Å²) in [5.74, 6) is -0.557. The number of anilines is 1. The summed E-state index contributed by atoms with van der Waals surface area (Å²) in [6.45, 7) is 0. The minimum absolute atomic E-state index is 0.0832. The lowest BCUT2D eigenvalue weighted by atomic mass is 10.3. The van der Waals surface area contributed by atoms with E-state index in [0.717, 1.165) is 11.3 Å². The van der Waals surface area contributed by atoms with Gasteiger partial charge in [-0.15, -0.1) is 0 Å². The molecular formula is C17H11FN6O4S. The molecule has 0 aliphatic carbocycles. The molecule has 0 aliphatic heterocycles. The van der Waals surface area contributed by atoms with E-state index in [4.69, 9.17) is 4.74 Å². The number of thiophene rings is 1. The van der Waals surface area contributed by atoms with Crippen molar-refractivity contribution in [2.75, 3.05) is 5.32 Å². The molecule has 1 amide bonds. The van der Waals surface area contributed by atoms with Gasteiger partial charge in [-0.1, -0.05) is 11.3 Å². The number of halogens is 1. The molecule has 0 saturated heterocycles. The molecule has 4 aromatic rings. The first-order valence-electron chi connectivity index (χ1n) is 8.09. The summed E-state index contributed by atoms with van der Waals surface area (Å²) < 4.78 is 20.1. The van der Waals surface area contributed by atoms with Crippen LogP contribution in [-0.2, 0) is 7.05 Å².